The van der Waals surface area contributed by atoms with E-state index in [2.05, 4.69) is 5.32 Å². The third-order valence-corrected chi connectivity index (χ3v) is 6.27. The van der Waals surface area contributed by atoms with Crippen molar-refractivity contribution < 1.29 is 19.1 Å². The summed E-state index contributed by atoms with van der Waals surface area (Å²) in [6.45, 7) is 7.15. The number of anilines is 1. The van der Waals surface area contributed by atoms with Crippen molar-refractivity contribution in [1.82, 2.24) is 5.32 Å². The first-order valence-corrected chi connectivity index (χ1v) is 10.2. The zero-order chi connectivity index (χ0) is 23.0. The van der Waals surface area contributed by atoms with E-state index in [1.807, 2.05) is 57.2 Å². The van der Waals surface area contributed by atoms with Gasteiger partial charge in [-0.1, -0.05) is 37.3 Å². The molecule has 3 rings (SSSR count). The first kappa shape index (κ1) is 22.3. The van der Waals surface area contributed by atoms with Gasteiger partial charge in [0.05, 0.1) is 11.5 Å². The Morgan fingerprint density at radius 1 is 1.06 bits per heavy atom. The summed E-state index contributed by atoms with van der Waals surface area (Å²) in [6, 6.07) is 14.9. The van der Waals surface area contributed by atoms with Crippen molar-refractivity contribution in [1.29, 1.82) is 0 Å². The third-order valence-electron chi connectivity index (χ3n) is 6.27. The van der Waals surface area contributed by atoms with Gasteiger partial charge in [-0.2, -0.15) is 0 Å². The van der Waals surface area contributed by atoms with Gasteiger partial charge < -0.3 is 20.7 Å². The van der Waals surface area contributed by atoms with Crippen molar-refractivity contribution in [2.24, 2.45) is 11.7 Å². The van der Waals surface area contributed by atoms with Crippen molar-refractivity contribution in [2.45, 2.75) is 38.6 Å². The van der Waals surface area contributed by atoms with Crippen LogP contribution in [0.15, 0.2) is 48.5 Å². The van der Waals surface area contributed by atoms with E-state index >= 15 is 0 Å². The molecule has 2 aromatic carbocycles. The Kier molecular flexibility index (Phi) is 5.81. The number of benzene rings is 2. The fourth-order valence-corrected chi connectivity index (χ4v) is 5.06. The molecule has 1 aliphatic rings. The SMILES string of the molecule is CNC(=O)COc1ccc(C2(C)c3ccccc3N(C(C)=O)C(C)(C)C2C(N)=O)cc1. The van der Waals surface area contributed by atoms with E-state index in [0.29, 0.717) is 5.75 Å². The lowest BCUT2D eigenvalue weighted by molar-refractivity contribution is -0.127. The summed E-state index contributed by atoms with van der Waals surface area (Å²) >= 11 is 0. The number of amides is 3. The van der Waals surface area contributed by atoms with Crippen LogP contribution >= 0.6 is 0 Å². The molecule has 1 aliphatic heterocycles. The molecule has 0 saturated carbocycles. The molecule has 0 aliphatic carbocycles. The Labute approximate surface area is 182 Å². The van der Waals surface area contributed by atoms with Gasteiger partial charge in [0, 0.05) is 25.1 Å². The van der Waals surface area contributed by atoms with Gasteiger partial charge in [0.1, 0.15) is 5.75 Å². The van der Waals surface area contributed by atoms with Crippen molar-refractivity contribution in [3.05, 3.63) is 59.7 Å². The van der Waals surface area contributed by atoms with Gasteiger partial charge in [-0.15, -0.1) is 0 Å². The third kappa shape index (κ3) is 3.65. The zero-order valence-corrected chi connectivity index (χ0v) is 18.6. The minimum absolute atomic E-state index is 0.0829. The maximum absolute atomic E-state index is 12.8. The molecule has 164 valence electrons. The largest absolute Gasteiger partial charge is 0.484 e. The van der Waals surface area contributed by atoms with Gasteiger partial charge in [-0.05, 0) is 43.2 Å². The Bertz CT molecular complexity index is 1020. The highest BCUT2D eigenvalue weighted by Crippen LogP contribution is 2.54. The maximum atomic E-state index is 12.8. The number of nitrogens with one attached hydrogen (secondary N) is 1. The number of ether oxygens (including phenoxy) is 1. The molecule has 2 unspecified atom stereocenters. The Balaban J connectivity index is 2.16. The Morgan fingerprint density at radius 2 is 1.68 bits per heavy atom. The number of para-hydroxylation sites is 1. The summed E-state index contributed by atoms with van der Waals surface area (Å²) in [7, 11) is 1.55. The first-order chi connectivity index (χ1) is 14.5. The summed E-state index contributed by atoms with van der Waals surface area (Å²) in [6.07, 6.45) is 0. The number of rotatable bonds is 5. The normalized spacial score (nSPS) is 21.7. The van der Waals surface area contributed by atoms with Crippen LogP contribution in [0, 0.1) is 5.92 Å². The van der Waals surface area contributed by atoms with Crippen LogP contribution in [0.25, 0.3) is 0 Å². The summed E-state index contributed by atoms with van der Waals surface area (Å²) in [5.41, 5.74) is 6.81. The molecule has 2 atom stereocenters. The van der Waals surface area contributed by atoms with Gasteiger partial charge in [-0.3, -0.25) is 14.4 Å². The standard InChI is InChI=1S/C24H29N3O4/c1-15(28)27-19-9-7-6-8-18(19)24(4,21(22(25)30)23(27,2)3)16-10-12-17(13-11-16)31-14-20(29)26-5/h6-13,21H,14H2,1-5H3,(H2,25,30)(H,26,29). The zero-order valence-electron chi connectivity index (χ0n) is 18.6. The molecule has 0 saturated heterocycles. The van der Waals surface area contributed by atoms with Gasteiger partial charge in [0.15, 0.2) is 6.61 Å². The number of carbonyl (C=O) groups is 3. The van der Waals surface area contributed by atoms with E-state index in [9.17, 15) is 14.4 Å². The smallest absolute Gasteiger partial charge is 0.257 e. The lowest BCUT2D eigenvalue weighted by Gasteiger charge is -2.55. The second-order valence-corrected chi connectivity index (χ2v) is 8.55. The maximum Gasteiger partial charge on any atom is 0.257 e. The molecular weight excluding hydrogens is 394 g/mol. The number of primary amides is 1. The molecule has 3 N–H and O–H groups in total. The van der Waals surface area contributed by atoms with E-state index in [1.54, 1.807) is 24.1 Å². The van der Waals surface area contributed by atoms with Gasteiger partial charge in [0.2, 0.25) is 11.8 Å². The number of hydrogen-bond acceptors (Lipinski definition) is 4. The van der Waals surface area contributed by atoms with Gasteiger partial charge in [0.25, 0.3) is 5.91 Å². The minimum atomic E-state index is -0.852. The average Bonchev–Trinajstić information content (AvgIpc) is 2.71. The van der Waals surface area contributed by atoms with E-state index < -0.39 is 22.8 Å². The Hall–Kier alpha value is -3.35. The van der Waals surface area contributed by atoms with Crippen LogP contribution in [-0.4, -0.2) is 36.9 Å². The lowest BCUT2D eigenvalue weighted by atomic mass is 9.57. The molecular formula is C24H29N3O4. The topological polar surface area (TPSA) is 102 Å². The van der Waals surface area contributed by atoms with E-state index in [-0.39, 0.29) is 18.4 Å². The lowest BCUT2D eigenvalue weighted by Crippen LogP contribution is -2.65. The molecule has 0 fully saturated rings. The monoisotopic (exact) mass is 423 g/mol. The summed E-state index contributed by atoms with van der Waals surface area (Å²) in [5.74, 6) is -0.995. The molecule has 0 radical (unpaired) electrons. The van der Waals surface area contributed by atoms with Crippen molar-refractivity contribution in [3.63, 3.8) is 0 Å². The highest BCUT2D eigenvalue weighted by Gasteiger charge is 2.57. The van der Waals surface area contributed by atoms with Crippen molar-refractivity contribution in [3.8, 4) is 5.75 Å². The molecule has 31 heavy (non-hydrogen) atoms. The fraction of sp³-hybridized carbons (Fsp3) is 0.375. The first-order valence-electron chi connectivity index (χ1n) is 10.2. The number of hydrogen-bond donors (Lipinski definition) is 2. The molecule has 0 bridgehead atoms. The van der Waals surface area contributed by atoms with Crippen LogP contribution in [0.3, 0.4) is 0 Å². The number of carbonyl (C=O) groups excluding carboxylic acids is 3. The van der Waals surface area contributed by atoms with Crippen molar-refractivity contribution in [2.75, 3.05) is 18.6 Å². The van der Waals surface area contributed by atoms with E-state index in [1.165, 1.54) is 6.92 Å². The van der Waals surface area contributed by atoms with Gasteiger partial charge in [-0.25, -0.2) is 0 Å². The molecule has 0 aromatic heterocycles. The summed E-state index contributed by atoms with van der Waals surface area (Å²) < 4.78 is 5.51. The quantitative estimate of drug-likeness (QED) is 0.771. The number of likely N-dealkylation sites (N-methyl/N-ethyl adjacent to an activating group) is 1. The molecule has 7 nitrogen and oxygen atoms in total. The van der Waals surface area contributed by atoms with Crippen molar-refractivity contribution >= 4 is 23.4 Å². The average molecular weight is 424 g/mol. The minimum Gasteiger partial charge on any atom is -0.484 e. The van der Waals surface area contributed by atoms with Crippen LogP contribution in [0.5, 0.6) is 5.75 Å². The molecule has 3 amide bonds. The summed E-state index contributed by atoms with van der Waals surface area (Å²) in [4.78, 5) is 38.6. The number of nitrogens with zero attached hydrogens (tertiary/aromatic N) is 1. The molecule has 2 aromatic rings. The number of nitrogens with two attached hydrogens (primary N) is 1. The summed E-state index contributed by atoms with van der Waals surface area (Å²) in [5, 5.41) is 2.51. The highest BCUT2D eigenvalue weighted by atomic mass is 16.5. The van der Waals surface area contributed by atoms with E-state index in [4.69, 9.17) is 10.5 Å². The second-order valence-electron chi connectivity index (χ2n) is 8.55. The predicted octanol–water partition coefficient (Wildman–Crippen LogP) is 2.36. The van der Waals surface area contributed by atoms with Gasteiger partial charge >= 0.3 is 0 Å². The fourth-order valence-electron chi connectivity index (χ4n) is 5.06. The molecule has 1 heterocycles. The van der Waals surface area contributed by atoms with Crippen LogP contribution in [0.4, 0.5) is 5.69 Å². The van der Waals surface area contributed by atoms with E-state index in [0.717, 1.165) is 16.8 Å². The van der Waals surface area contributed by atoms with Crippen LogP contribution in [0.1, 0.15) is 38.8 Å². The molecule has 7 heteroatoms. The van der Waals surface area contributed by atoms with Crippen LogP contribution in [0.2, 0.25) is 0 Å². The van der Waals surface area contributed by atoms with Crippen LogP contribution < -0.4 is 20.7 Å². The highest BCUT2D eigenvalue weighted by molar-refractivity contribution is 5.98. The Morgan fingerprint density at radius 3 is 2.23 bits per heavy atom. The van der Waals surface area contributed by atoms with Crippen LogP contribution in [-0.2, 0) is 19.8 Å². The second kappa shape index (κ2) is 8.06. The molecule has 0 spiro atoms. The predicted molar refractivity (Wildman–Crippen MR) is 119 cm³/mol. The number of fused-ring (bicyclic) bond motifs is 1.